The van der Waals surface area contributed by atoms with Crippen LogP contribution in [0.3, 0.4) is 0 Å². The minimum atomic E-state index is -3.51. The number of benzene rings is 2. The number of hydrogen-bond acceptors (Lipinski definition) is 4. The average Bonchev–Trinajstić information content (AvgIpc) is 2.78. The molecule has 0 aromatic heterocycles. The summed E-state index contributed by atoms with van der Waals surface area (Å²) in [5.41, 5.74) is 2.20. The molecule has 0 saturated heterocycles. The number of rotatable bonds is 10. The zero-order chi connectivity index (χ0) is 22.9. The lowest BCUT2D eigenvalue weighted by molar-refractivity contribution is -0.126. The van der Waals surface area contributed by atoms with Gasteiger partial charge in [-0.3, -0.25) is 4.79 Å². The zero-order valence-electron chi connectivity index (χ0n) is 17.9. The smallest absolute Gasteiger partial charge is 0.247 e. The Hall–Kier alpha value is -3.21. The van der Waals surface area contributed by atoms with E-state index in [0.29, 0.717) is 31.7 Å². The molecule has 7 heteroatoms. The van der Waals surface area contributed by atoms with Crippen molar-refractivity contribution >= 4 is 22.0 Å². The van der Waals surface area contributed by atoms with Crippen LogP contribution in [0.1, 0.15) is 30.5 Å². The van der Waals surface area contributed by atoms with Crippen LogP contribution < -0.4 is 0 Å². The molecule has 0 saturated carbocycles. The summed E-state index contributed by atoms with van der Waals surface area (Å²) in [6.07, 6.45) is 4.77. The molecule has 0 radical (unpaired) electrons. The zero-order valence-corrected chi connectivity index (χ0v) is 18.7. The quantitative estimate of drug-likeness (QED) is 0.418. The topological polar surface area (TPSA) is 81.5 Å². The molecule has 0 N–H and O–H groups in total. The van der Waals surface area contributed by atoms with Gasteiger partial charge in [0.2, 0.25) is 15.9 Å². The van der Waals surface area contributed by atoms with Gasteiger partial charge in [-0.25, -0.2) is 8.42 Å². The third-order valence-corrected chi connectivity index (χ3v) is 6.82. The Bertz CT molecular complexity index is 1060. The number of nitriles is 1. The van der Waals surface area contributed by atoms with E-state index in [1.54, 1.807) is 67.3 Å². The van der Waals surface area contributed by atoms with Crippen LogP contribution in [-0.4, -0.2) is 43.2 Å². The lowest BCUT2D eigenvalue weighted by atomic mass is 10.1. The summed E-state index contributed by atoms with van der Waals surface area (Å²) in [6.45, 7) is 8.90. The number of amides is 1. The van der Waals surface area contributed by atoms with E-state index in [4.69, 9.17) is 5.26 Å². The highest BCUT2D eigenvalue weighted by atomic mass is 32.2. The Morgan fingerprint density at radius 1 is 1.06 bits per heavy atom. The van der Waals surface area contributed by atoms with Crippen molar-refractivity contribution in [1.29, 1.82) is 5.26 Å². The molecule has 0 spiro atoms. The van der Waals surface area contributed by atoms with Crippen LogP contribution in [0, 0.1) is 11.3 Å². The van der Waals surface area contributed by atoms with Crippen molar-refractivity contribution in [2.75, 3.05) is 19.6 Å². The molecule has 0 bridgehead atoms. The second-order valence-electron chi connectivity index (χ2n) is 6.81. The minimum absolute atomic E-state index is 0.191. The fourth-order valence-electron chi connectivity index (χ4n) is 3.03. The van der Waals surface area contributed by atoms with Crippen molar-refractivity contribution in [3.8, 4) is 6.07 Å². The number of carbonyl (C=O) groups is 1. The Kier molecular flexibility index (Phi) is 8.74. The summed E-state index contributed by atoms with van der Waals surface area (Å²) in [5, 5.41) is 8.90. The van der Waals surface area contributed by atoms with Gasteiger partial charge < -0.3 is 4.90 Å². The van der Waals surface area contributed by atoms with Crippen LogP contribution >= 0.6 is 0 Å². The molecule has 2 aromatic rings. The van der Waals surface area contributed by atoms with Gasteiger partial charge in [-0.05, 0) is 41.5 Å². The number of carbonyl (C=O) groups excluding carboxylic acids is 1. The van der Waals surface area contributed by atoms with Crippen LogP contribution in [0.15, 0.2) is 72.2 Å². The molecule has 0 unspecified atom stereocenters. The third-order valence-electron chi connectivity index (χ3n) is 4.76. The van der Waals surface area contributed by atoms with Crippen LogP contribution in [0.4, 0.5) is 0 Å². The molecule has 0 heterocycles. The second kappa shape index (κ2) is 11.3. The molecule has 0 atom stereocenters. The van der Waals surface area contributed by atoms with Gasteiger partial charge in [-0.15, -0.1) is 6.58 Å². The Labute approximate surface area is 184 Å². The molecule has 1 amide bonds. The highest BCUT2D eigenvalue weighted by molar-refractivity contribution is 7.89. The first kappa shape index (κ1) is 24.1. The van der Waals surface area contributed by atoms with Crippen LogP contribution in [0.25, 0.3) is 6.08 Å². The van der Waals surface area contributed by atoms with Crippen LogP contribution in [0.2, 0.25) is 0 Å². The molecule has 162 valence electrons. The van der Waals surface area contributed by atoms with Gasteiger partial charge in [0.05, 0.1) is 16.5 Å². The highest BCUT2D eigenvalue weighted by Gasteiger charge is 2.21. The monoisotopic (exact) mass is 437 g/mol. The van der Waals surface area contributed by atoms with Gasteiger partial charge in [0.1, 0.15) is 0 Å². The summed E-state index contributed by atoms with van der Waals surface area (Å²) in [4.78, 5) is 14.5. The summed E-state index contributed by atoms with van der Waals surface area (Å²) >= 11 is 0. The SMILES string of the molecule is C=CCN(Cc1ccc(C#N)cc1)C(=O)/C=C/c1ccc(S(=O)(=O)N(CC)CC)cc1. The van der Waals surface area contributed by atoms with E-state index in [-0.39, 0.29) is 10.8 Å². The normalized spacial score (nSPS) is 11.4. The Morgan fingerprint density at radius 3 is 2.19 bits per heavy atom. The van der Waals surface area contributed by atoms with Gasteiger partial charge >= 0.3 is 0 Å². The van der Waals surface area contributed by atoms with E-state index < -0.39 is 10.0 Å². The number of hydrogen-bond donors (Lipinski definition) is 0. The van der Waals surface area contributed by atoms with Crippen molar-refractivity contribution in [2.45, 2.75) is 25.3 Å². The van der Waals surface area contributed by atoms with E-state index in [0.717, 1.165) is 11.1 Å². The fourth-order valence-corrected chi connectivity index (χ4v) is 4.49. The molecule has 6 nitrogen and oxygen atoms in total. The van der Waals surface area contributed by atoms with Gasteiger partial charge in [-0.1, -0.05) is 44.2 Å². The Morgan fingerprint density at radius 2 is 1.68 bits per heavy atom. The van der Waals surface area contributed by atoms with Crippen molar-refractivity contribution in [2.24, 2.45) is 0 Å². The molecular weight excluding hydrogens is 410 g/mol. The molecule has 0 aliphatic carbocycles. The van der Waals surface area contributed by atoms with Gasteiger partial charge in [-0.2, -0.15) is 9.57 Å². The first-order chi connectivity index (χ1) is 14.8. The maximum atomic E-state index is 12.7. The maximum Gasteiger partial charge on any atom is 0.247 e. The standard InChI is InChI=1S/C24H27N3O3S/c1-4-17-26(19-22-9-7-21(18-25)8-10-22)24(28)16-13-20-11-14-23(15-12-20)31(29,30)27(5-2)6-3/h4,7-16H,1,5-6,17,19H2,2-3H3/b16-13+. The Balaban J connectivity index is 2.12. The maximum absolute atomic E-state index is 12.7. The van der Waals surface area contributed by atoms with E-state index in [1.165, 1.54) is 10.4 Å². The summed E-state index contributed by atoms with van der Waals surface area (Å²) < 4.78 is 26.5. The van der Waals surface area contributed by atoms with Gasteiger partial charge in [0, 0.05) is 32.3 Å². The molecule has 0 aliphatic rings. The first-order valence-electron chi connectivity index (χ1n) is 10.0. The summed E-state index contributed by atoms with van der Waals surface area (Å²) in [6, 6.07) is 15.6. The highest BCUT2D eigenvalue weighted by Crippen LogP contribution is 2.17. The van der Waals surface area contributed by atoms with E-state index >= 15 is 0 Å². The summed E-state index contributed by atoms with van der Waals surface area (Å²) in [7, 11) is -3.51. The lowest BCUT2D eigenvalue weighted by Gasteiger charge is -2.19. The van der Waals surface area contributed by atoms with Crippen molar-refractivity contribution in [3.05, 3.63) is 84.0 Å². The number of nitrogens with zero attached hydrogens (tertiary/aromatic N) is 3. The minimum Gasteiger partial charge on any atom is -0.331 e. The molecular formula is C24H27N3O3S. The van der Waals surface area contributed by atoms with E-state index in [1.807, 2.05) is 12.1 Å². The second-order valence-corrected chi connectivity index (χ2v) is 8.75. The molecule has 0 fully saturated rings. The van der Waals surface area contributed by atoms with E-state index in [2.05, 4.69) is 12.6 Å². The van der Waals surface area contributed by atoms with Crippen molar-refractivity contribution < 1.29 is 13.2 Å². The predicted molar refractivity (Wildman–Crippen MR) is 122 cm³/mol. The molecule has 2 aromatic carbocycles. The predicted octanol–water partition coefficient (Wildman–Crippen LogP) is 3.82. The first-order valence-corrected chi connectivity index (χ1v) is 11.5. The van der Waals surface area contributed by atoms with Gasteiger partial charge in [0.25, 0.3) is 0 Å². The fraction of sp³-hybridized carbons (Fsp3) is 0.250. The largest absolute Gasteiger partial charge is 0.331 e. The molecule has 0 aliphatic heterocycles. The van der Waals surface area contributed by atoms with Crippen LogP contribution in [0.5, 0.6) is 0 Å². The number of sulfonamides is 1. The average molecular weight is 438 g/mol. The van der Waals surface area contributed by atoms with Crippen LogP contribution in [-0.2, 0) is 21.4 Å². The van der Waals surface area contributed by atoms with Gasteiger partial charge in [0.15, 0.2) is 0 Å². The lowest BCUT2D eigenvalue weighted by Crippen LogP contribution is -2.30. The molecule has 31 heavy (non-hydrogen) atoms. The van der Waals surface area contributed by atoms with E-state index in [9.17, 15) is 13.2 Å². The summed E-state index contributed by atoms with van der Waals surface area (Å²) in [5.74, 6) is -0.191. The van der Waals surface area contributed by atoms with Crippen molar-refractivity contribution in [1.82, 2.24) is 9.21 Å². The van der Waals surface area contributed by atoms with Crippen molar-refractivity contribution in [3.63, 3.8) is 0 Å². The third kappa shape index (κ3) is 6.38. The molecule has 2 rings (SSSR count).